The van der Waals surface area contributed by atoms with Gasteiger partial charge in [0, 0.05) is 46.0 Å². The molecule has 2 aromatic carbocycles. The number of hydrogen-bond acceptors (Lipinski definition) is 12. The second kappa shape index (κ2) is 22.0. The van der Waals surface area contributed by atoms with Crippen molar-refractivity contribution in [2.24, 2.45) is 11.8 Å². The van der Waals surface area contributed by atoms with E-state index in [0.717, 1.165) is 79.2 Å². The molecule has 0 spiro atoms. The van der Waals surface area contributed by atoms with Crippen LogP contribution in [0.5, 0.6) is 0 Å². The number of esters is 2. The highest BCUT2D eigenvalue weighted by Gasteiger charge is 2.56. The Kier molecular flexibility index (Phi) is 14.0. The normalized spacial score (nSPS) is 16.0. The number of benzene rings is 2. The Morgan fingerprint density at radius 1 is 0.308 bits per heavy atom. The maximum absolute atomic E-state index is 14.8. The van der Waals surface area contributed by atoms with E-state index in [0.29, 0.717) is 59.8 Å². The van der Waals surface area contributed by atoms with Crippen LogP contribution in [0.15, 0.2) is 194 Å². The highest BCUT2D eigenvalue weighted by atomic mass is 16.5. The monoisotopic (exact) mass is 1020 g/mol. The molecule has 382 valence electrons. The fourth-order valence-electron chi connectivity index (χ4n) is 11.1. The van der Waals surface area contributed by atoms with Crippen LogP contribution in [0.25, 0.3) is 45.6 Å². The van der Waals surface area contributed by atoms with Crippen LogP contribution in [0.1, 0.15) is 79.6 Å². The van der Waals surface area contributed by atoms with Gasteiger partial charge >= 0.3 is 11.9 Å². The Hall–Kier alpha value is -9.42. The molecule has 0 saturated carbocycles. The van der Waals surface area contributed by atoms with Crippen molar-refractivity contribution in [3.8, 4) is 45.6 Å². The van der Waals surface area contributed by atoms with Crippen molar-refractivity contribution in [3.05, 3.63) is 262 Å². The average Bonchev–Trinajstić information content (AvgIpc) is 3.23. The third-order valence-electron chi connectivity index (χ3n) is 14.6. The van der Waals surface area contributed by atoms with Gasteiger partial charge in [0.15, 0.2) is 0 Å². The van der Waals surface area contributed by atoms with Crippen LogP contribution in [0.2, 0.25) is 0 Å². The lowest BCUT2D eigenvalue weighted by atomic mass is 9.54. The topological polar surface area (TPSA) is 156 Å². The summed E-state index contributed by atoms with van der Waals surface area (Å²) in [4.78, 5) is 68.5. The molecule has 12 nitrogen and oxygen atoms in total. The van der Waals surface area contributed by atoms with Gasteiger partial charge in [-0.2, -0.15) is 0 Å². The standard InChI is InChI=1S/C66H54N8O4/c1-41-15-7-27-53(67-41)55-29-9-17-43(69-55)35-37-45-19-11-31-57(71-45)59-33-13-21-47(73-59)39-77-65(75)63-61-49-23-3-5-25-51(49)62(52-26-6-4-24-50(52)61)64(63)66(76)78-40-48-22-14-34-60(74-48)58-32-12-20-46(72-58)38-36-44-18-10-30-56(70-44)54-28-8-16-42(2)68-54/h3-34,61-64H,35-40H2,1-2H3. The largest absolute Gasteiger partial charge is 0.459 e. The molecule has 13 rings (SSSR count). The summed E-state index contributed by atoms with van der Waals surface area (Å²) in [6, 6.07) is 63.2. The molecular weight excluding hydrogens is 969 g/mol. The van der Waals surface area contributed by atoms with E-state index in [1.165, 1.54) is 0 Å². The van der Waals surface area contributed by atoms with E-state index in [-0.39, 0.29) is 13.2 Å². The van der Waals surface area contributed by atoms with Crippen LogP contribution in [0.3, 0.4) is 0 Å². The summed E-state index contributed by atoms with van der Waals surface area (Å²) in [6.07, 6.45) is 2.77. The van der Waals surface area contributed by atoms with Crippen LogP contribution in [0, 0.1) is 25.7 Å². The molecule has 0 radical (unpaired) electrons. The Morgan fingerprint density at radius 2 is 0.551 bits per heavy atom. The average molecular weight is 1020 g/mol. The van der Waals surface area contributed by atoms with Gasteiger partial charge in [0.25, 0.3) is 0 Å². The van der Waals surface area contributed by atoms with Crippen LogP contribution in [-0.4, -0.2) is 51.8 Å². The summed E-state index contributed by atoms with van der Waals surface area (Å²) in [5.41, 5.74) is 16.9. The van der Waals surface area contributed by atoms with Gasteiger partial charge in [-0.15, -0.1) is 0 Å². The molecule has 2 bridgehead atoms. The van der Waals surface area contributed by atoms with E-state index in [2.05, 4.69) is 34.2 Å². The Morgan fingerprint density at radius 3 is 0.833 bits per heavy atom. The van der Waals surface area contributed by atoms with Gasteiger partial charge in [-0.1, -0.05) is 97.1 Å². The lowest BCUT2D eigenvalue weighted by Gasteiger charge is -2.48. The third kappa shape index (κ3) is 10.6. The van der Waals surface area contributed by atoms with Gasteiger partial charge in [-0.25, -0.2) is 9.97 Å². The number of pyridine rings is 8. The first-order valence-electron chi connectivity index (χ1n) is 26.4. The molecule has 0 N–H and O–H groups in total. The summed E-state index contributed by atoms with van der Waals surface area (Å²) in [7, 11) is 0. The summed E-state index contributed by atoms with van der Waals surface area (Å²) in [5.74, 6) is -3.56. The number of ether oxygens (including phenoxy) is 2. The van der Waals surface area contributed by atoms with Crippen molar-refractivity contribution in [3.63, 3.8) is 0 Å². The SMILES string of the molecule is Cc1cccc(-c2cccc(CCc3cccc(-c4cccc(COC(=O)C5C6c7ccccc7C(c7ccccc76)C5C(=O)OCc5cccc(-c6cccc(CCc7cccc(-c8cccc(C)n8)n7)n6)n5)n4)n3)n2)n1. The van der Waals surface area contributed by atoms with E-state index in [4.69, 9.17) is 39.4 Å². The molecule has 8 heterocycles. The van der Waals surface area contributed by atoms with Crippen molar-refractivity contribution in [1.29, 1.82) is 0 Å². The fraction of sp³-hybridized carbons (Fsp3) is 0.182. The minimum Gasteiger partial charge on any atom is -0.459 e. The van der Waals surface area contributed by atoms with Crippen LogP contribution >= 0.6 is 0 Å². The number of carbonyl (C=O) groups excluding carboxylic acids is 2. The third-order valence-corrected chi connectivity index (χ3v) is 14.6. The molecule has 0 fully saturated rings. The van der Waals surface area contributed by atoms with Crippen LogP contribution in [-0.2, 0) is 58.0 Å². The zero-order valence-electron chi connectivity index (χ0n) is 43.2. The second-order valence-electron chi connectivity index (χ2n) is 19.9. The fourth-order valence-corrected chi connectivity index (χ4v) is 11.1. The summed E-state index contributed by atoms with van der Waals surface area (Å²) in [5, 5.41) is 0. The first-order chi connectivity index (χ1) is 38.3. The van der Waals surface area contributed by atoms with Crippen molar-refractivity contribution in [1.82, 2.24) is 39.9 Å². The van der Waals surface area contributed by atoms with E-state index in [1.807, 2.05) is 184 Å². The molecule has 10 aromatic rings. The van der Waals surface area contributed by atoms with Crippen molar-refractivity contribution in [2.45, 2.75) is 64.6 Å². The summed E-state index contributed by atoms with van der Waals surface area (Å²) in [6.45, 7) is 3.77. The molecule has 78 heavy (non-hydrogen) atoms. The molecule has 0 amide bonds. The molecule has 3 aliphatic rings. The minimum atomic E-state index is -0.861. The molecule has 0 saturated heterocycles. The van der Waals surface area contributed by atoms with Crippen LogP contribution < -0.4 is 0 Å². The number of carbonyl (C=O) groups is 2. The molecule has 8 aromatic heterocycles. The number of aryl methyl sites for hydroxylation is 6. The Labute approximate surface area is 452 Å². The van der Waals surface area contributed by atoms with Gasteiger partial charge in [-0.3, -0.25) is 39.5 Å². The number of nitrogens with zero attached hydrogens (tertiary/aromatic N) is 8. The highest BCUT2D eigenvalue weighted by Crippen LogP contribution is 2.59. The smallest absolute Gasteiger partial charge is 0.311 e. The van der Waals surface area contributed by atoms with Gasteiger partial charge < -0.3 is 9.47 Å². The maximum atomic E-state index is 14.8. The van der Waals surface area contributed by atoms with Gasteiger partial charge in [0.1, 0.15) is 13.2 Å². The predicted octanol–water partition coefficient (Wildman–Crippen LogP) is 12.0. The number of fused-ring (bicyclic) bond motifs is 1. The summed E-state index contributed by atoms with van der Waals surface area (Å²) >= 11 is 0. The molecular formula is C66H54N8O4. The number of aromatic nitrogens is 8. The number of rotatable bonds is 16. The minimum absolute atomic E-state index is 0.0924. The van der Waals surface area contributed by atoms with Crippen molar-refractivity contribution in [2.75, 3.05) is 0 Å². The number of hydrogen-bond donors (Lipinski definition) is 0. The van der Waals surface area contributed by atoms with Gasteiger partial charge in [0.2, 0.25) is 0 Å². The quantitative estimate of drug-likeness (QED) is 0.0846. The lowest BCUT2D eigenvalue weighted by molar-refractivity contribution is -0.165. The highest BCUT2D eigenvalue weighted by molar-refractivity contribution is 5.88. The van der Waals surface area contributed by atoms with E-state index in [1.54, 1.807) is 0 Å². The van der Waals surface area contributed by atoms with Gasteiger partial charge in [-0.05, 0) is 159 Å². The van der Waals surface area contributed by atoms with E-state index < -0.39 is 35.6 Å². The maximum Gasteiger partial charge on any atom is 0.311 e. The van der Waals surface area contributed by atoms with Crippen molar-refractivity contribution < 1.29 is 19.1 Å². The Balaban J connectivity index is 0.736. The first kappa shape index (κ1) is 49.5. The van der Waals surface area contributed by atoms with Gasteiger partial charge in [0.05, 0.1) is 68.8 Å². The molecule has 2 unspecified atom stereocenters. The first-order valence-corrected chi connectivity index (χ1v) is 26.4. The van der Waals surface area contributed by atoms with E-state index in [9.17, 15) is 9.59 Å². The second-order valence-corrected chi connectivity index (χ2v) is 19.9. The predicted molar refractivity (Wildman–Crippen MR) is 297 cm³/mol. The van der Waals surface area contributed by atoms with E-state index >= 15 is 0 Å². The molecule has 0 aliphatic heterocycles. The lowest BCUT2D eigenvalue weighted by Crippen LogP contribution is -2.48. The Bertz CT molecular complexity index is 3570. The summed E-state index contributed by atoms with van der Waals surface area (Å²) < 4.78 is 12.4. The molecule has 3 aliphatic carbocycles. The zero-order chi connectivity index (χ0) is 53.0. The van der Waals surface area contributed by atoms with Crippen LogP contribution in [0.4, 0.5) is 0 Å². The molecule has 2 atom stereocenters. The molecule has 12 heteroatoms. The van der Waals surface area contributed by atoms with Crippen molar-refractivity contribution >= 4 is 11.9 Å². The zero-order valence-corrected chi connectivity index (χ0v) is 43.2.